The summed E-state index contributed by atoms with van der Waals surface area (Å²) in [5.74, 6) is -0.829. The lowest BCUT2D eigenvalue weighted by Crippen LogP contribution is -2.31. The molecule has 0 aliphatic rings. The molecule has 0 fully saturated rings. The molecule has 13 heavy (non-hydrogen) atoms. The van der Waals surface area contributed by atoms with Crippen LogP contribution < -0.4 is 10.2 Å². The number of halogens is 2. The van der Waals surface area contributed by atoms with E-state index in [1.165, 1.54) is 19.2 Å². The summed E-state index contributed by atoms with van der Waals surface area (Å²) in [5, 5.41) is 17.2. The summed E-state index contributed by atoms with van der Waals surface area (Å²) in [7, 11) is -0.489. The van der Waals surface area contributed by atoms with Gasteiger partial charge in [-0.1, -0.05) is 17.7 Å². The Bertz CT molecular complexity index is 319. The molecule has 3 nitrogen and oxygen atoms in total. The van der Waals surface area contributed by atoms with E-state index in [1.807, 2.05) is 0 Å². The maximum atomic E-state index is 13.1. The first-order valence-corrected chi connectivity index (χ1v) is 3.83. The fourth-order valence-corrected chi connectivity index (χ4v) is 1.16. The number of ether oxygens (including phenoxy) is 1. The minimum atomic E-state index is -1.78. The molecule has 0 heterocycles. The van der Waals surface area contributed by atoms with Gasteiger partial charge in [0.1, 0.15) is 0 Å². The Kier molecular flexibility index (Phi) is 3.14. The molecule has 6 heteroatoms. The third-order valence-electron chi connectivity index (χ3n) is 1.57. The van der Waals surface area contributed by atoms with Crippen molar-refractivity contribution in [2.75, 3.05) is 7.11 Å². The molecule has 0 spiro atoms. The summed E-state index contributed by atoms with van der Waals surface area (Å²) < 4.78 is 17.8. The van der Waals surface area contributed by atoms with E-state index in [4.69, 9.17) is 21.6 Å². The van der Waals surface area contributed by atoms with Gasteiger partial charge in [0.2, 0.25) is 0 Å². The van der Waals surface area contributed by atoms with Crippen LogP contribution in [0.15, 0.2) is 12.1 Å². The zero-order valence-corrected chi connectivity index (χ0v) is 7.55. The van der Waals surface area contributed by atoms with Crippen molar-refractivity contribution in [3.05, 3.63) is 23.0 Å². The zero-order chi connectivity index (χ0) is 10.0. The Morgan fingerprint density at radius 1 is 1.46 bits per heavy atom. The van der Waals surface area contributed by atoms with Crippen LogP contribution in [-0.4, -0.2) is 24.3 Å². The molecule has 0 atom stereocenters. The molecule has 0 bridgehead atoms. The molecule has 0 aromatic heterocycles. The maximum absolute atomic E-state index is 13.1. The smallest absolute Gasteiger partial charge is 0.490 e. The third kappa shape index (κ3) is 1.93. The van der Waals surface area contributed by atoms with Crippen molar-refractivity contribution in [3.63, 3.8) is 0 Å². The fourth-order valence-electron chi connectivity index (χ4n) is 0.904. The predicted molar refractivity (Wildman–Crippen MR) is 47.8 cm³/mol. The molecule has 70 valence electrons. The van der Waals surface area contributed by atoms with Crippen molar-refractivity contribution < 1.29 is 19.2 Å². The van der Waals surface area contributed by atoms with E-state index in [9.17, 15) is 4.39 Å². The van der Waals surface area contributed by atoms with Crippen LogP contribution in [0, 0.1) is 5.82 Å². The normalized spacial score (nSPS) is 9.92. The topological polar surface area (TPSA) is 49.7 Å². The second kappa shape index (κ2) is 3.96. The lowest BCUT2D eigenvalue weighted by molar-refractivity contribution is 0.386. The Labute approximate surface area is 79.9 Å². The van der Waals surface area contributed by atoms with E-state index in [-0.39, 0.29) is 16.2 Å². The van der Waals surface area contributed by atoms with Gasteiger partial charge in [0.25, 0.3) is 0 Å². The average Bonchev–Trinajstić information content (AvgIpc) is 2.09. The minimum absolute atomic E-state index is 0.0330. The van der Waals surface area contributed by atoms with E-state index in [0.717, 1.165) is 0 Å². The number of benzene rings is 1. The summed E-state index contributed by atoms with van der Waals surface area (Å²) in [4.78, 5) is 0. The number of rotatable bonds is 2. The molecule has 1 aromatic rings. The molecule has 0 saturated carbocycles. The standard InChI is InChI=1S/C7H7BClFO3/c1-13-5-3-2-4(8(11)12)6(9)7(5)10/h2-3,11-12H,1H3. The van der Waals surface area contributed by atoms with Gasteiger partial charge in [-0.2, -0.15) is 0 Å². The van der Waals surface area contributed by atoms with Crippen LogP contribution >= 0.6 is 11.6 Å². The lowest BCUT2D eigenvalue weighted by Gasteiger charge is -2.07. The summed E-state index contributed by atoms with van der Waals surface area (Å²) in [6.07, 6.45) is 0. The van der Waals surface area contributed by atoms with Crippen LogP contribution in [0.2, 0.25) is 5.02 Å². The Hall–Kier alpha value is -0.775. The second-order valence-corrected chi connectivity index (χ2v) is 2.74. The highest BCUT2D eigenvalue weighted by molar-refractivity contribution is 6.62. The van der Waals surface area contributed by atoms with Crippen molar-refractivity contribution in [1.29, 1.82) is 0 Å². The predicted octanol–water partition coefficient (Wildman–Crippen LogP) is 0.167. The Morgan fingerprint density at radius 2 is 2.08 bits per heavy atom. The van der Waals surface area contributed by atoms with E-state index < -0.39 is 12.9 Å². The van der Waals surface area contributed by atoms with Crippen molar-refractivity contribution in [2.45, 2.75) is 0 Å². The Morgan fingerprint density at radius 3 is 2.54 bits per heavy atom. The molecule has 0 radical (unpaired) electrons. The van der Waals surface area contributed by atoms with Gasteiger partial charge in [0, 0.05) is 5.46 Å². The highest BCUT2D eigenvalue weighted by atomic mass is 35.5. The van der Waals surface area contributed by atoms with Gasteiger partial charge in [0.15, 0.2) is 11.6 Å². The van der Waals surface area contributed by atoms with Crippen molar-refractivity contribution in [1.82, 2.24) is 0 Å². The van der Waals surface area contributed by atoms with E-state index in [1.54, 1.807) is 0 Å². The number of methoxy groups -OCH3 is 1. The van der Waals surface area contributed by atoms with Crippen LogP contribution in [0.1, 0.15) is 0 Å². The van der Waals surface area contributed by atoms with E-state index in [0.29, 0.717) is 0 Å². The summed E-state index contributed by atoms with van der Waals surface area (Å²) >= 11 is 5.50. The number of hydrogen-bond donors (Lipinski definition) is 2. The van der Waals surface area contributed by atoms with Gasteiger partial charge in [0.05, 0.1) is 12.1 Å². The largest absolute Gasteiger partial charge is 0.494 e. The van der Waals surface area contributed by atoms with Gasteiger partial charge in [-0.25, -0.2) is 4.39 Å². The van der Waals surface area contributed by atoms with Gasteiger partial charge in [-0.05, 0) is 6.07 Å². The van der Waals surface area contributed by atoms with Crippen LogP contribution in [0.4, 0.5) is 4.39 Å². The summed E-state index contributed by atoms with van der Waals surface area (Å²) in [6.45, 7) is 0. The molecule has 0 aliphatic heterocycles. The molecule has 0 aliphatic carbocycles. The molecule has 0 unspecified atom stereocenters. The zero-order valence-electron chi connectivity index (χ0n) is 6.79. The van der Waals surface area contributed by atoms with Crippen LogP contribution in [0.3, 0.4) is 0 Å². The first-order valence-electron chi connectivity index (χ1n) is 3.46. The van der Waals surface area contributed by atoms with Crippen molar-refractivity contribution >= 4 is 24.2 Å². The van der Waals surface area contributed by atoms with Crippen molar-refractivity contribution in [3.8, 4) is 5.75 Å². The van der Waals surface area contributed by atoms with Gasteiger partial charge in [-0.3, -0.25) is 0 Å². The quantitative estimate of drug-likeness (QED) is 0.675. The molecule has 0 saturated heterocycles. The second-order valence-electron chi connectivity index (χ2n) is 2.36. The highest BCUT2D eigenvalue weighted by Crippen LogP contribution is 2.22. The van der Waals surface area contributed by atoms with Crippen LogP contribution in [0.5, 0.6) is 5.75 Å². The number of hydrogen-bond acceptors (Lipinski definition) is 3. The molecule has 1 rings (SSSR count). The summed E-state index contributed by atoms with van der Waals surface area (Å²) in [5.41, 5.74) is -0.0834. The van der Waals surface area contributed by atoms with Gasteiger partial charge < -0.3 is 14.8 Å². The van der Waals surface area contributed by atoms with Crippen LogP contribution in [0.25, 0.3) is 0 Å². The fraction of sp³-hybridized carbons (Fsp3) is 0.143. The SMILES string of the molecule is COc1ccc(B(O)O)c(Cl)c1F. The van der Waals surface area contributed by atoms with E-state index in [2.05, 4.69) is 4.74 Å². The first-order chi connectivity index (χ1) is 6.07. The lowest BCUT2D eigenvalue weighted by atomic mass is 9.80. The molecule has 0 amide bonds. The molecule has 1 aromatic carbocycles. The summed E-state index contributed by atoms with van der Waals surface area (Å²) in [6, 6.07) is 2.56. The van der Waals surface area contributed by atoms with Crippen molar-refractivity contribution in [2.24, 2.45) is 0 Å². The molecular weight excluding hydrogens is 197 g/mol. The van der Waals surface area contributed by atoms with E-state index >= 15 is 0 Å². The maximum Gasteiger partial charge on any atom is 0.490 e. The average molecular weight is 204 g/mol. The molecular formula is C7H7BClFO3. The van der Waals surface area contributed by atoms with Crippen LogP contribution in [-0.2, 0) is 0 Å². The minimum Gasteiger partial charge on any atom is -0.494 e. The Balaban J connectivity index is 3.23. The van der Waals surface area contributed by atoms with Gasteiger partial charge in [-0.15, -0.1) is 0 Å². The molecule has 2 N–H and O–H groups in total. The third-order valence-corrected chi connectivity index (χ3v) is 1.96. The highest BCUT2D eigenvalue weighted by Gasteiger charge is 2.20. The monoisotopic (exact) mass is 204 g/mol. The van der Waals surface area contributed by atoms with Gasteiger partial charge >= 0.3 is 7.12 Å². The first kappa shape index (κ1) is 10.3.